The van der Waals surface area contributed by atoms with E-state index in [2.05, 4.69) is 18.6 Å². The van der Waals surface area contributed by atoms with Crippen molar-refractivity contribution in [3.63, 3.8) is 0 Å². The minimum atomic E-state index is -3.99. The summed E-state index contributed by atoms with van der Waals surface area (Å²) in [5.74, 6) is 0.0890. The van der Waals surface area contributed by atoms with E-state index in [4.69, 9.17) is 16.3 Å². The number of nitrogens with one attached hydrogen (secondary N) is 1. The van der Waals surface area contributed by atoms with Gasteiger partial charge in [-0.05, 0) is 56.5 Å². The van der Waals surface area contributed by atoms with Crippen LogP contribution >= 0.6 is 11.6 Å². The molecular weight excluding hydrogens is 443 g/mol. The maximum Gasteiger partial charge on any atom is 0.261 e. The fourth-order valence-electron chi connectivity index (χ4n) is 3.18. The fourth-order valence-corrected chi connectivity index (χ4v) is 4.50. The maximum absolute atomic E-state index is 13.4. The van der Waals surface area contributed by atoms with Crippen LogP contribution in [0.15, 0.2) is 41.3 Å². The number of hydrogen-bond donors (Lipinski definition) is 1. The van der Waals surface area contributed by atoms with Gasteiger partial charge in [-0.2, -0.15) is 0 Å². The van der Waals surface area contributed by atoms with E-state index >= 15 is 0 Å². The summed E-state index contributed by atoms with van der Waals surface area (Å²) in [5.41, 5.74) is 0.139. The van der Waals surface area contributed by atoms with Crippen molar-refractivity contribution < 1.29 is 22.3 Å². The smallest absolute Gasteiger partial charge is 0.261 e. The monoisotopic (exact) mass is 468 g/mol. The van der Waals surface area contributed by atoms with Crippen LogP contribution in [0.3, 0.4) is 0 Å². The third-order valence-corrected chi connectivity index (χ3v) is 6.72. The standard InChI is InChI=1S/C22H26ClFN2O4S/c1-14(2)9-10-26-19-8-5-15(11-20(19)30-13-22(3,4)21(26)27)25-31(28,29)16-6-7-18(24)17(23)12-16/h5-8,11-12,14,25H,9-10,13H2,1-4H3. The molecule has 0 spiro atoms. The Bertz CT molecular complexity index is 1100. The van der Waals surface area contributed by atoms with Crippen molar-refractivity contribution in [1.82, 2.24) is 0 Å². The molecule has 1 heterocycles. The molecule has 1 aliphatic rings. The first-order valence-electron chi connectivity index (χ1n) is 9.97. The van der Waals surface area contributed by atoms with Gasteiger partial charge in [0.25, 0.3) is 10.0 Å². The van der Waals surface area contributed by atoms with Crippen molar-refractivity contribution in [2.45, 2.75) is 39.0 Å². The lowest BCUT2D eigenvalue weighted by molar-refractivity contribution is -0.127. The van der Waals surface area contributed by atoms with Crippen LogP contribution in [-0.2, 0) is 14.8 Å². The van der Waals surface area contributed by atoms with Gasteiger partial charge in [0.15, 0.2) is 0 Å². The van der Waals surface area contributed by atoms with E-state index in [1.807, 2.05) is 13.8 Å². The molecule has 0 saturated carbocycles. The third-order valence-electron chi connectivity index (χ3n) is 5.05. The Morgan fingerprint density at radius 1 is 1.23 bits per heavy atom. The number of halogens is 2. The summed E-state index contributed by atoms with van der Waals surface area (Å²) in [5, 5.41) is -0.283. The van der Waals surface area contributed by atoms with Crippen LogP contribution in [0.25, 0.3) is 0 Å². The van der Waals surface area contributed by atoms with Gasteiger partial charge in [0, 0.05) is 12.6 Å². The molecule has 168 valence electrons. The third kappa shape index (κ3) is 5.13. The summed E-state index contributed by atoms with van der Waals surface area (Å²) in [7, 11) is -3.99. The van der Waals surface area contributed by atoms with Gasteiger partial charge in [0.05, 0.1) is 26.7 Å². The van der Waals surface area contributed by atoms with Crippen molar-refractivity contribution in [1.29, 1.82) is 0 Å². The topological polar surface area (TPSA) is 75.7 Å². The first kappa shape index (κ1) is 23.3. The number of anilines is 2. The van der Waals surface area contributed by atoms with Gasteiger partial charge in [-0.25, -0.2) is 12.8 Å². The molecule has 1 amide bonds. The Morgan fingerprint density at radius 3 is 2.58 bits per heavy atom. The number of benzene rings is 2. The Hall–Kier alpha value is -2.32. The van der Waals surface area contributed by atoms with Crippen molar-refractivity contribution >= 4 is 38.9 Å². The number of fused-ring (bicyclic) bond motifs is 1. The van der Waals surface area contributed by atoms with Crippen molar-refractivity contribution in [2.24, 2.45) is 11.3 Å². The van der Waals surface area contributed by atoms with E-state index in [9.17, 15) is 17.6 Å². The Balaban J connectivity index is 1.94. The zero-order chi connectivity index (χ0) is 23.0. The van der Waals surface area contributed by atoms with E-state index in [0.29, 0.717) is 23.9 Å². The molecule has 31 heavy (non-hydrogen) atoms. The number of sulfonamides is 1. The average Bonchev–Trinajstić information content (AvgIpc) is 2.77. The summed E-state index contributed by atoms with van der Waals surface area (Å²) in [6.07, 6.45) is 0.820. The largest absolute Gasteiger partial charge is 0.490 e. The number of amides is 1. The predicted octanol–water partition coefficient (Wildman–Crippen LogP) is 5.08. The second kappa shape index (κ2) is 8.67. The highest BCUT2D eigenvalue weighted by Crippen LogP contribution is 2.39. The molecule has 0 saturated heterocycles. The maximum atomic E-state index is 13.4. The lowest BCUT2D eigenvalue weighted by Gasteiger charge is -2.28. The molecule has 1 N–H and O–H groups in total. The molecule has 6 nitrogen and oxygen atoms in total. The zero-order valence-corrected chi connectivity index (χ0v) is 19.5. The van der Waals surface area contributed by atoms with E-state index in [1.165, 1.54) is 0 Å². The van der Waals surface area contributed by atoms with Gasteiger partial charge in [0.1, 0.15) is 18.2 Å². The summed E-state index contributed by atoms with van der Waals surface area (Å²) < 4.78 is 47.1. The predicted molar refractivity (Wildman–Crippen MR) is 120 cm³/mol. The molecule has 2 aromatic carbocycles. The lowest BCUT2D eigenvalue weighted by atomic mass is 9.92. The summed E-state index contributed by atoms with van der Waals surface area (Å²) in [6.45, 7) is 8.53. The van der Waals surface area contributed by atoms with Gasteiger partial charge < -0.3 is 9.64 Å². The normalized spacial score (nSPS) is 16.0. The van der Waals surface area contributed by atoms with E-state index in [1.54, 1.807) is 23.1 Å². The number of ether oxygens (including phenoxy) is 1. The van der Waals surface area contributed by atoms with Crippen LogP contribution in [0, 0.1) is 17.2 Å². The summed E-state index contributed by atoms with van der Waals surface area (Å²) >= 11 is 5.72. The highest BCUT2D eigenvalue weighted by atomic mass is 35.5. The van der Waals surface area contributed by atoms with Gasteiger partial charge in [-0.15, -0.1) is 0 Å². The quantitative estimate of drug-likeness (QED) is 0.641. The summed E-state index contributed by atoms with van der Waals surface area (Å²) in [6, 6.07) is 7.97. The van der Waals surface area contributed by atoms with E-state index < -0.39 is 21.3 Å². The van der Waals surface area contributed by atoms with Gasteiger partial charge in [-0.3, -0.25) is 9.52 Å². The molecule has 0 radical (unpaired) electrons. The Kier molecular flexibility index (Phi) is 6.53. The number of carbonyl (C=O) groups is 1. The number of nitrogens with zero attached hydrogens (tertiary/aromatic N) is 1. The lowest BCUT2D eigenvalue weighted by Crippen LogP contribution is -2.42. The molecule has 2 aromatic rings. The van der Waals surface area contributed by atoms with Crippen molar-refractivity contribution in [3.05, 3.63) is 47.2 Å². The van der Waals surface area contributed by atoms with E-state index in [0.717, 1.165) is 24.6 Å². The minimum absolute atomic E-state index is 0.0406. The van der Waals surface area contributed by atoms with Gasteiger partial charge >= 0.3 is 0 Å². The molecule has 9 heteroatoms. The van der Waals surface area contributed by atoms with Gasteiger partial charge in [0.2, 0.25) is 5.91 Å². The van der Waals surface area contributed by atoms with Gasteiger partial charge in [-0.1, -0.05) is 25.4 Å². The van der Waals surface area contributed by atoms with E-state index in [-0.39, 0.29) is 28.1 Å². The summed E-state index contributed by atoms with van der Waals surface area (Å²) in [4.78, 5) is 14.6. The van der Waals surface area contributed by atoms with Crippen molar-refractivity contribution in [2.75, 3.05) is 22.8 Å². The number of hydrogen-bond acceptors (Lipinski definition) is 4. The second-order valence-corrected chi connectivity index (χ2v) is 10.8. The molecule has 0 aromatic heterocycles. The molecule has 0 bridgehead atoms. The van der Waals surface area contributed by atoms with Crippen molar-refractivity contribution in [3.8, 4) is 5.75 Å². The minimum Gasteiger partial charge on any atom is -0.490 e. The Labute approximate surface area is 187 Å². The molecule has 0 fully saturated rings. The number of rotatable bonds is 6. The fraction of sp³-hybridized carbons (Fsp3) is 0.409. The molecule has 0 aliphatic carbocycles. The van der Waals surface area contributed by atoms with Crippen LogP contribution in [0.5, 0.6) is 5.75 Å². The first-order valence-corrected chi connectivity index (χ1v) is 11.8. The zero-order valence-electron chi connectivity index (χ0n) is 17.9. The van der Waals surface area contributed by atoms with Crippen LogP contribution in [0.2, 0.25) is 5.02 Å². The number of carbonyl (C=O) groups excluding carboxylic acids is 1. The Morgan fingerprint density at radius 2 is 1.94 bits per heavy atom. The molecule has 1 aliphatic heterocycles. The highest BCUT2D eigenvalue weighted by molar-refractivity contribution is 7.92. The van der Waals surface area contributed by atoms with Crippen LogP contribution in [0.1, 0.15) is 34.1 Å². The average molecular weight is 469 g/mol. The highest BCUT2D eigenvalue weighted by Gasteiger charge is 2.37. The SMILES string of the molecule is CC(C)CCN1C(=O)C(C)(C)COc2cc(NS(=O)(=O)c3ccc(F)c(Cl)c3)ccc21. The molecule has 0 atom stereocenters. The van der Waals surface area contributed by atoms with Crippen LogP contribution in [-0.4, -0.2) is 27.5 Å². The molecule has 0 unspecified atom stereocenters. The molecule has 3 rings (SSSR count). The molecular formula is C22H26ClFN2O4S. The van der Waals surface area contributed by atoms with Crippen LogP contribution < -0.4 is 14.4 Å². The second-order valence-electron chi connectivity index (χ2n) is 8.68. The van der Waals surface area contributed by atoms with Crippen LogP contribution in [0.4, 0.5) is 15.8 Å². The first-order chi connectivity index (χ1) is 14.4.